The number of ether oxygens (including phenoxy) is 1. The van der Waals surface area contributed by atoms with Crippen LogP contribution in [0.25, 0.3) is 0 Å². The van der Waals surface area contributed by atoms with Crippen LogP contribution in [0.4, 0.5) is 11.6 Å². The van der Waals surface area contributed by atoms with Gasteiger partial charge in [0, 0.05) is 43.1 Å². The van der Waals surface area contributed by atoms with Gasteiger partial charge < -0.3 is 15.4 Å². The normalized spacial score (nSPS) is 14.5. The second kappa shape index (κ2) is 9.38. The Morgan fingerprint density at radius 2 is 1.96 bits per heavy atom. The van der Waals surface area contributed by atoms with Crippen LogP contribution in [0.1, 0.15) is 33.5 Å². The number of anilines is 2. The maximum absolute atomic E-state index is 12.6. The highest BCUT2D eigenvalue weighted by atomic mass is 16.5. The predicted octanol–water partition coefficient (Wildman–Crippen LogP) is 1.98. The standard InChI is InChI=1S/C20H25N5O3/c1-14-12-18(19(27)23-17-5-3-4-16(13-17)15(2)26)24-20(22-14)21-6-7-25-8-10-28-11-9-25/h3-5,12-13H,6-11H2,1-2H3,(H,23,27)(H,21,22,24). The summed E-state index contributed by atoms with van der Waals surface area (Å²) in [5.74, 6) is 0.0269. The molecule has 148 valence electrons. The van der Waals surface area contributed by atoms with Gasteiger partial charge in [0.2, 0.25) is 5.95 Å². The molecular formula is C20H25N5O3. The lowest BCUT2D eigenvalue weighted by Crippen LogP contribution is -2.39. The molecule has 0 unspecified atom stereocenters. The highest BCUT2D eigenvalue weighted by molar-refractivity contribution is 6.04. The minimum Gasteiger partial charge on any atom is -0.379 e. The number of ketones is 1. The molecule has 0 spiro atoms. The summed E-state index contributed by atoms with van der Waals surface area (Å²) in [6.07, 6.45) is 0. The molecule has 28 heavy (non-hydrogen) atoms. The van der Waals surface area contributed by atoms with E-state index in [2.05, 4.69) is 25.5 Å². The number of morpholine rings is 1. The summed E-state index contributed by atoms with van der Waals surface area (Å²) in [5, 5.41) is 5.97. The molecule has 8 nitrogen and oxygen atoms in total. The monoisotopic (exact) mass is 383 g/mol. The van der Waals surface area contributed by atoms with E-state index in [1.807, 2.05) is 6.92 Å². The third-order valence-corrected chi connectivity index (χ3v) is 4.43. The van der Waals surface area contributed by atoms with Crippen LogP contribution >= 0.6 is 0 Å². The van der Waals surface area contributed by atoms with E-state index in [1.165, 1.54) is 6.92 Å². The third kappa shape index (κ3) is 5.58. The first kappa shape index (κ1) is 19.9. The van der Waals surface area contributed by atoms with E-state index in [9.17, 15) is 9.59 Å². The molecular weight excluding hydrogens is 358 g/mol. The number of nitrogens with zero attached hydrogens (tertiary/aromatic N) is 3. The summed E-state index contributed by atoms with van der Waals surface area (Å²) in [6.45, 7) is 8.22. The largest absolute Gasteiger partial charge is 0.379 e. The molecule has 1 aliphatic rings. The Morgan fingerprint density at radius 3 is 2.71 bits per heavy atom. The third-order valence-electron chi connectivity index (χ3n) is 4.43. The van der Waals surface area contributed by atoms with Gasteiger partial charge in [-0.2, -0.15) is 0 Å². The van der Waals surface area contributed by atoms with Gasteiger partial charge in [-0.25, -0.2) is 9.97 Å². The topological polar surface area (TPSA) is 96.5 Å². The highest BCUT2D eigenvalue weighted by Gasteiger charge is 2.13. The van der Waals surface area contributed by atoms with Crippen molar-refractivity contribution in [3.8, 4) is 0 Å². The van der Waals surface area contributed by atoms with Gasteiger partial charge in [-0.1, -0.05) is 12.1 Å². The number of carbonyl (C=O) groups is 2. The second-order valence-electron chi connectivity index (χ2n) is 6.69. The zero-order chi connectivity index (χ0) is 19.9. The van der Waals surface area contributed by atoms with Crippen molar-refractivity contribution in [2.24, 2.45) is 0 Å². The zero-order valence-corrected chi connectivity index (χ0v) is 16.2. The number of nitrogens with one attached hydrogen (secondary N) is 2. The smallest absolute Gasteiger partial charge is 0.274 e. The Kier molecular flexibility index (Phi) is 6.67. The van der Waals surface area contributed by atoms with E-state index in [0.717, 1.165) is 32.8 Å². The van der Waals surface area contributed by atoms with Crippen LogP contribution in [0.2, 0.25) is 0 Å². The molecule has 2 N–H and O–H groups in total. The lowest BCUT2D eigenvalue weighted by Gasteiger charge is -2.26. The number of hydrogen-bond acceptors (Lipinski definition) is 7. The molecule has 2 heterocycles. The summed E-state index contributed by atoms with van der Waals surface area (Å²) in [4.78, 5) is 35.1. The number of hydrogen-bond donors (Lipinski definition) is 2. The van der Waals surface area contributed by atoms with Crippen LogP contribution < -0.4 is 10.6 Å². The van der Waals surface area contributed by atoms with E-state index >= 15 is 0 Å². The van der Waals surface area contributed by atoms with Gasteiger partial charge in [-0.3, -0.25) is 14.5 Å². The van der Waals surface area contributed by atoms with Gasteiger partial charge in [-0.05, 0) is 32.0 Å². The number of aryl methyl sites for hydroxylation is 1. The van der Waals surface area contributed by atoms with Crippen LogP contribution in [-0.2, 0) is 4.74 Å². The van der Waals surface area contributed by atoms with Gasteiger partial charge in [-0.15, -0.1) is 0 Å². The summed E-state index contributed by atoms with van der Waals surface area (Å²) >= 11 is 0. The number of carbonyl (C=O) groups excluding carboxylic acids is 2. The second-order valence-corrected chi connectivity index (χ2v) is 6.69. The van der Waals surface area contributed by atoms with E-state index in [4.69, 9.17) is 4.74 Å². The quantitative estimate of drug-likeness (QED) is 0.706. The molecule has 1 amide bonds. The van der Waals surface area contributed by atoms with Crippen molar-refractivity contribution in [2.75, 3.05) is 50.0 Å². The molecule has 0 radical (unpaired) electrons. The van der Waals surface area contributed by atoms with Crippen LogP contribution in [0.15, 0.2) is 30.3 Å². The van der Waals surface area contributed by atoms with Gasteiger partial charge in [0.1, 0.15) is 5.69 Å². The van der Waals surface area contributed by atoms with Crippen molar-refractivity contribution < 1.29 is 14.3 Å². The summed E-state index contributed by atoms with van der Waals surface area (Å²) < 4.78 is 5.34. The minimum absolute atomic E-state index is 0.0549. The lowest BCUT2D eigenvalue weighted by molar-refractivity contribution is 0.0398. The molecule has 1 aliphatic heterocycles. The van der Waals surface area contributed by atoms with Crippen LogP contribution in [0.3, 0.4) is 0 Å². The zero-order valence-electron chi connectivity index (χ0n) is 16.2. The van der Waals surface area contributed by atoms with E-state index in [0.29, 0.717) is 29.4 Å². The van der Waals surface area contributed by atoms with Gasteiger partial charge in [0.05, 0.1) is 13.2 Å². The van der Waals surface area contributed by atoms with Crippen molar-refractivity contribution in [3.63, 3.8) is 0 Å². The lowest BCUT2D eigenvalue weighted by atomic mass is 10.1. The predicted molar refractivity (Wildman–Crippen MR) is 107 cm³/mol. The fourth-order valence-electron chi connectivity index (χ4n) is 2.93. The van der Waals surface area contributed by atoms with E-state index in [1.54, 1.807) is 30.3 Å². The Hall–Kier alpha value is -2.84. The minimum atomic E-state index is -0.345. The number of Topliss-reactive ketones (excluding diaryl/α,β-unsaturated/α-hetero) is 1. The maximum Gasteiger partial charge on any atom is 0.274 e. The maximum atomic E-state index is 12.6. The first-order chi connectivity index (χ1) is 13.5. The fraction of sp³-hybridized carbons (Fsp3) is 0.400. The summed E-state index contributed by atoms with van der Waals surface area (Å²) in [7, 11) is 0. The highest BCUT2D eigenvalue weighted by Crippen LogP contribution is 2.13. The Labute approximate surface area is 164 Å². The summed E-state index contributed by atoms with van der Waals surface area (Å²) in [5.41, 5.74) is 2.07. The molecule has 0 bridgehead atoms. The SMILES string of the molecule is CC(=O)c1cccc(NC(=O)c2cc(C)nc(NCCN3CCOCC3)n2)c1. The van der Waals surface area contributed by atoms with Crippen molar-refractivity contribution >= 4 is 23.3 Å². The fourth-order valence-corrected chi connectivity index (χ4v) is 2.93. The van der Waals surface area contributed by atoms with E-state index in [-0.39, 0.29) is 17.4 Å². The van der Waals surface area contributed by atoms with Crippen molar-refractivity contribution in [3.05, 3.63) is 47.3 Å². The first-order valence-corrected chi connectivity index (χ1v) is 9.33. The van der Waals surface area contributed by atoms with Crippen molar-refractivity contribution in [1.82, 2.24) is 14.9 Å². The molecule has 1 aromatic carbocycles. The van der Waals surface area contributed by atoms with Crippen LogP contribution in [-0.4, -0.2) is 66.0 Å². The first-order valence-electron chi connectivity index (χ1n) is 9.33. The number of benzene rings is 1. The number of amides is 1. The summed E-state index contributed by atoms with van der Waals surface area (Å²) in [6, 6.07) is 8.46. The number of rotatable bonds is 7. The molecule has 1 fully saturated rings. The van der Waals surface area contributed by atoms with Crippen LogP contribution in [0, 0.1) is 6.92 Å². The molecule has 0 atom stereocenters. The molecule has 0 aliphatic carbocycles. The Morgan fingerprint density at radius 1 is 1.18 bits per heavy atom. The molecule has 0 saturated carbocycles. The Balaban J connectivity index is 1.62. The molecule has 1 aromatic heterocycles. The van der Waals surface area contributed by atoms with Crippen molar-refractivity contribution in [1.29, 1.82) is 0 Å². The van der Waals surface area contributed by atoms with Crippen LogP contribution in [0.5, 0.6) is 0 Å². The molecule has 8 heteroatoms. The number of aromatic nitrogens is 2. The van der Waals surface area contributed by atoms with Gasteiger partial charge >= 0.3 is 0 Å². The molecule has 3 rings (SSSR count). The van der Waals surface area contributed by atoms with Crippen molar-refractivity contribution in [2.45, 2.75) is 13.8 Å². The average Bonchev–Trinajstić information content (AvgIpc) is 2.68. The average molecular weight is 383 g/mol. The van der Waals surface area contributed by atoms with Gasteiger partial charge in [0.15, 0.2) is 5.78 Å². The Bertz CT molecular complexity index is 849. The van der Waals surface area contributed by atoms with E-state index < -0.39 is 0 Å². The molecule has 2 aromatic rings. The van der Waals surface area contributed by atoms with Gasteiger partial charge in [0.25, 0.3) is 5.91 Å². The molecule has 1 saturated heterocycles.